The quantitative estimate of drug-likeness (QED) is 0.794. The van der Waals surface area contributed by atoms with Crippen LogP contribution in [-0.4, -0.2) is 25.3 Å². The van der Waals surface area contributed by atoms with Crippen molar-refractivity contribution in [3.05, 3.63) is 0 Å². The van der Waals surface area contributed by atoms with Crippen LogP contribution in [0.4, 0.5) is 0 Å². The minimum absolute atomic E-state index is 0.471. The van der Waals surface area contributed by atoms with E-state index in [2.05, 4.69) is 33.0 Å². The lowest BCUT2D eigenvalue weighted by atomic mass is 9.87. The molecule has 1 saturated carbocycles. The van der Waals surface area contributed by atoms with Gasteiger partial charge in [-0.1, -0.05) is 13.8 Å². The molecule has 3 atom stereocenters. The summed E-state index contributed by atoms with van der Waals surface area (Å²) < 4.78 is 5.83. The van der Waals surface area contributed by atoms with Crippen LogP contribution in [0.15, 0.2) is 0 Å². The van der Waals surface area contributed by atoms with Gasteiger partial charge in [0.1, 0.15) is 0 Å². The van der Waals surface area contributed by atoms with Gasteiger partial charge in [-0.25, -0.2) is 0 Å². The first-order valence-electron chi connectivity index (χ1n) is 6.88. The van der Waals surface area contributed by atoms with Gasteiger partial charge in [-0.3, -0.25) is 0 Å². The smallest absolute Gasteiger partial charge is 0.0556 e. The molecular formula is C14H27NO. The maximum atomic E-state index is 5.83. The van der Waals surface area contributed by atoms with Crippen molar-refractivity contribution in [3.8, 4) is 0 Å². The molecule has 1 heterocycles. The molecule has 2 rings (SSSR count). The molecule has 0 aromatic rings. The molecule has 16 heavy (non-hydrogen) atoms. The Bertz CT molecular complexity index is 229. The van der Waals surface area contributed by atoms with Crippen molar-refractivity contribution in [1.82, 2.24) is 5.32 Å². The van der Waals surface area contributed by atoms with Crippen LogP contribution < -0.4 is 5.32 Å². The van der Waals surface area contributed by atoms with Gasteiger partial charge in [-0.05, 0) is 63.5 Å². The summed E-state index contributed by atoms with van der Waals surface area (Å²) >= 11 is 0. The molecular weight excluding hydrogens is 198 g/mol. The van der Waals surface area contributed by atoms with Gasteiger partial charge in [0.05, 0.1) is 12.2 Å². The second kappa shape index (κ2) is 4.66. The number of ether oxygens (including phenoxy) is 1. The monoisotopic (exact) mass is 225 g/mol. The molecule has 1 N–H and O–H groups in total. The number of hydrogen-bond acceptors (Lipinski definition) is 2. The van der Waals surface area contributed by atoms with Gasteiger partial charge in [0, 0.05) is 0 Å². The van der Waals surface area contributed by atoms with Crippen LogP contribution in [-0.2, 0) is 4.74 Å². The molecule has 0 aromatic carbocycles. The Kier molecular flexibility index (Phi) is 3.60. The van der Waals surface area contributed by atoms with E-state index in [9.17, 15) is 0 Å². The van der Waals surface area contributed by atoms with Crippen molar-refractivity contribution >= 4 is 0 Å². The van der Waals surface area contributed by atoms with Crippen molar-refractivity contribution in [2.24, 2.45) is 17.3 Å². The summed E-state index contributed by atoms with van der Waals surface area (Å²) in [6, 6.07) is 0. The van der Waals surface area contributed by atoms with Crippen LogP contribution in [0.3, 0.4) is 0 Å². The fourth-order valence-corrected chi connectivity index (χ4v) is 3.49. The Morgan fingerprint density at radius 2 is 1.81 bits per heavy atom. The van der Waals surface area contributed by atoms with Crippen LogP contribution in [0.2, 0.25) is 0 Å². The SMILES string of the molecule is CC(C)CNCC1CC12CC(C)OC(C)C2. The van der Waals surface area contributed by atoms with E-state index < -0.39 is 0 Å². The van der Waals surface area contributed by atoms with Crippen molar-refractivity contribution in [1.29, 1.82) is 0 Å². The molecule has 0 amide bonds. The van der Waals surface area contributed by atoms with Crippen molar-refractivity contribution in [2.75, 3.05) is 13.1 Å². The average molecular weight is 225 g/mol. The highest BCUT2D eigenvalue weighted by Crippen LogP contribution is 2.60. The molecule has 2 aliphatic rings. The largest absolute Gasteiger partial charge is 0.376 e. The molecule has 3 unspecified atom stereocenters. The maximum absolute atomic E-state index is 5.83. The third-order valence-electron chi connectivity index (χ3n) is 4.15. The van der Waals surface area contributed by atoms with Gasteiger partial charge in [0.15, 0.2) is 0 Å². The second-order valence-electron chi connectivity index (χ2n) is 6.48. The van der Waals surface area contributed by atoms with E-state index in [4.69, 9.17) is 4.74 Å². The third-order valence-corrected chi connectivity index (χ3v) is 4.15. The molecule has 0 radical (unpaired) electrons. The lowest BCUT2D eigenvalue weighted by Gasteiger charge is -2.33. The van der Waals surface area contributed by atoms with E-state index in [0.29, 0.717) is 17.6 Å². The molecule has 0 aromatic heterocycles. The summed E-state index contributed by atoms with van der Waals surface area (Å²) in [5.41, 5.74) is 0.640. The molecule has 2 nitrogen and oxygen atoms in total. The first-order valence-corrected chi connectivity index (χ1v) is 6.88. The Balaban J connectivity index is 1.75. The van der Waals surface area contributed by atoms with E-state index in [-0.39, 0.29) is 0 Å². The normalized spacial score (nSPS) is 42.9. The zero-order chi connectivity index (χ0) is 11.8. The fraction of sp³-hybridized carbons (Fsp3) is 1.00. The predicted molar refractivity (Wildman–Crippen MR) is 67.5 cm³/mol. The lowest BCUT2D eigenvalue weighted by Crippen LogP contribution is -2.33. The summed E-state index contributed by atoms with van der Waals surface area (Å²) in [5.74, 6) is 1.68. The van der Waals surface area contributed by atoms with Crippen molar-refractivity contribution < 1.29 is 4.74 Å². The molecule has 1 aliphatic carbocycles. The highest BCUT2D eigenvalue weighted by Gasteiger charge is 2.56. The van der Waals surface area contributed by atoms with E-state index in [1.165, 1.54) is 25.8 Å². The summed E-state index contributed by atoms with van der Waals surface area (Å²) in [4.78, 5) is 0. The number of hydrogen-bond donors (Lipinski definition) is 1. The van der Waals surface area contributed by atoms with E-state index in [0.717, 1.165) is 18.4 Å². The van der Waals surface area contributed by atoms with Crippen LogP contribution in [0, 0.1) is 17.3 Å². The van der Waals surface area contributed by atoms with Crippen molar-refractivity contribution in [3.63, 3.8) is 0 Å². The summed E-state index contributed by atoms with van der Waals surface area (Å²) in [5, 5.41) is 3.61. The Morgan fingerprint density at radius 1 is 1.19 bits per heavy atom. The highest BCUT2D eigenvalue weighted by atomic mass is 16.5. The van der Waals surface area contributed by atoms with Crippen LogP contribution in [0.25, 0.3) is 0 Å². The number of nitrogens with one attached hydrogen (secondary N) is 1. The Labute approximate surface area is 100 Å². The predicted octanol–water partition coefficient (Wildman–Crippen LogP) is 2.83. The van der Waals surface area contributed by atoms with Gasteiger partial charge in [0.2, 0.25) is 0 Å². The molecule has 1 saturated heterocycles. The van der Waals surface area contributed by atoms with Crippen LogP contribution >= 0.6 is 0 Å². The second-order valence-corrected chi connectivity index (χ2v) is 6.48. The van der Waals surface area contributed by atoms with Gasteiger partial charge in [-0.15, -0.1) is 0 Å². The topological polar surface area (TPSA) is 21.3 Å². The van der Waals surface area contributed by atoms with E-state index in [1.54, 1.807) is 0 Å². The van der Waals surface area contributed by atoms with Gasteiger partial charge < -0.3 is 10.1 Å². The van der Waals surface area contributed by atoms with Gasteiger partial charge in [0.25, 0.3) is 0 Å². The maximum Gasteiger partial charge on any atom is 0.0556 e. The van der Waals surface area contributed by atoms with Gasteiger partial charge in [-0.2, -0.15) is 0 Å². The Morgan fingerprint density at radius 3 is 2.38 bits per heavy atom. The minimum atomic E-state index is 0.471. The zero-order valence-corrected chi connectivity index (χ0v) is 11.3. The zero-order valence-electron chi connectivity index (χ0n) is 11.3. The average Bonchev–Trinajstić information content (AvgIpc) is 2.74. The van der Waals surface area contributed by atoms with Crippen molar-refractivity contribution in [2.45, 2.75) is 59.2 Å². The lowest BCUT2D eigenvalue weighted by molar-refractivity contribution is -0.0625. The Hall–Kier alpha value is -0.0800. The van der Waals surface area contributed by atoms with Crippen LogP contribution in [0.1, 0.15) is 47.0 Å². The summed E-state index contributed by atoms with van der Waals surface area (Å²) in [6.07, 6.45) is 4.94. The standard InChI is InChI=1S/C14H27NO/c1-10(2)8-15-9-13-7-14(13)5-11(3)16-12(4)6-14/h10-13,15H,5-9H2,1-4H3. The van der Waals surface area contributed by atoms with Crippen LogP contribution in [0.5, 0.6) is 0 Å². The molecule has 94 valence electrons. The van der Waals surface area contributed by atoms with E-state index in [1.807, 2.05) is 0 Å². The molecule has 2 fully saturated rings. The summed E-state index contributed by atoms with van der Waals surface area (Å²) in [7, 11) is 0. The molecule has 2 heteroatoms. The first-order chi connectivity index (χ1) is 7.52. The first kappa shape index (κ1) is 12.4. The molecule has 1 aliphatic heterocycles. The fourth-order valence-electron chi connectivity index (χ4n) is 3.49. The van der Waals surface area contributed by atoms with Gasteiger partial charge >= 0.3 is 0 Å². The molecule has 1 spiro atoms. The summed E-state index contributed by atoms with van der Waals surface area (Å²) in [6.45, 7) is 11.4. The third kappa shape index (κ3) is 2.78. The highest BCUT2D eigenvalue weighted by molar-refractivity contribution is 5.06. The minimum Gasteiger partial charge on any atom is -0.376 e. The number of rotatable bonds is 4. The molecule has 0 bridgehead atoms. The van der Waals surface area contributed by atoms with E-state index >= 15 is 0 Å².